The van der Waals surface area contributed by atoms with Crippen LogP contribution < -0.4 is 5.32 Å². The van der Waals surface area contributed by atoms with Crippen LogP contribution in [0.15, 0.2) is 16.8 Å². The fraction of sp³-hybridized carbons (Fsp3) is 0.600. The van der Waals surface area contributed by atoms with E-state index in [-0.39, 0.29) is 23.8 Å². The maximum absolute atomic E-state index is 12.1. The van der Waals surface area contributed by atoms with Crippen LogP contribution in [0.1, 0.15) is 25.8 Å². The maximum Gasteiger partial charge on any atom is 0.225 e. The lowest BCUT2D eigenvalue weighted by Crippen LogP contribution is -2.36. The quantitative estimate of drug-likeness (QED) is 0.783. The predicted octanol–water partition coefficient (Wildman–Crippen LogP) is 2.35. The molecule has 2 rings (SSSR count). The molecule has 2 amide bonds. The predicted molar refractivity (Wildman–Crippen MR) is 88.4 cm³/mol. The zero-order valence-corrected chi connectivity index (χ0v) is 14.1. The molecule has 0 aliphatic carbocycles. The van der Waals surface area contributed by atoms with Gasteiger partial charge in [-0.25, -0.2) is 0 Å². The molecule has 1 aliphatic rings. The number of nitrogens with zero attached hydrogens (tertiary/aromatic N) is 1. The van der Waals surface area contributed by atoms with E-state index in [4.69, 9.17) is 0 Å². The molecule has 2 heterocycles. The Morgan fingerprint density at radius 2 is 2.38 bits per heavy atom. The SMILES string of the molecule is CC(C)N1C[C@H](C(=O)NCCSCc2ccsc2)CC1=O. The highest BCUT2D eigenvalue weighted by Gasteiger charge is 2.35. The largest absolute Gasteiger partial charge is 0.355 e. The molecule has 4 nitrogen and oxygen atoms in total. The fourth-order valence-electron chi connectivity index (χ4n) is 2.36. The third-order valence-corrected chi connectivity index (χ3v) is 5.31. The fourth-order valence-corrected chi connectivity index (χ4v) is 3.94. The first-order valence-electron chi connectivity index (χ1n) is 7.24. The molecule has 116 valence electrons. The van der Waals surface area contributed by atoms with Crippen molar-refractivity contribution in [3.63, 3.8) is 0 Å². The summed E-state index contributed by atoms with van der Waals surface area (Å²) in [6, 6.07) is 2.30. The van der Waals surface area contributed by atoms with Gasteiger partial charge in [0.25, 0.3) is 0 Å². The van der Waals surface area contributed by atoms with Crippen molar-refractivity contribution in [2.75, 3.05) is 18.8 Å². The van der Waals surface area contributed by atoms with Crippen LogP contribution in [0.3, 0.4) is 0 Å². The summed E-state index contributed by atoms with van der Waals surface area (Å²) in [5, 5.41) is 7.18. The number of thioether (sulfide) groups is 1. The third kappa shape index (κ3) is 4.74. The summed E-state index contributed by atoms with van der Waals surface area (Å²) >= 11 is 3.52. The zero-order chi connectivity index (χ0) is 15.2. The van der Waals surface area contributed by atoms with Crippen molar-refractivity contribution in [2.45, 2.75) is 32.1 Å². The number of likely N-dealkylation sites (tertiary alicyclic amines) is 1. The average Bonchev–Trinajstić information content (AvgIpc) is 3.07. The Labute approximate surface area is 134 Å². The summed E-state index contributed by atoms with van der Waals surface area (Å²) in [6.45, 7) is 5.20. The van der Waals surface area contributed by atoms with E-state index in [1.54, 1.807) is 16.2 Å². The highest BCUT2D eigenvalue weighted by molar-refractivity contribution is 7.98. The minimum absolute atomic E-state index is 0.0163. The molecule has 0 saturated carbocycles. The van der Waals surface area contributed by atoms with Crippen molar-refractivity contribution in [1.29, 1.82) is 0 Å². The van der Waals surface area contributed by atoms with Gasteiger partial charge in [0.2, 0.25) is 11.8 Å². The summed E-state index contributed by atoms with van der Waals surface area (Å²) in [5.74, 6) is 1.82. The summed E-state index contributed by atoms with van der Waals surface area (Å²) in [6.07, 6.45) is 0.353. The van der Waals surface area contributed by atoms with Crippen molar-refractivity contribution in [2.24, 2.45) is 5.92 Å². The van der Waals surface area contributed by atoms with E-state index in [1.165, 1.54) is 5.56 Å². The minimum atomic E-state index is -0.179. The van der Waals surface area contributed by atoms with Crippen molar-refractivity contribution in [1.82, 2.24) is 10.2 Å². The zero-order valence-electron chi connectivity index (χ0n) is 12.5. The highest BCUT2D eigenvalue weighted by atomic mass is 32.2. The molecule has 0 spiro atoms. The number of hydrogen-bond donors (Lipinski definition) is 1. The first-order chi connectivity index (χ1) is 10.1. The van der Waals surface area contributed by atoms with Gasteiger partial charge in [-0.3, -0.25) is 9.59 Å². The van der Waals surface area contributed by atoms with Crippen molar-refractivity contribution in [3.8, 4) is 0 Å². The normalized spacial score (nSPS) is 18.5. The Balaban J connectivity index is 1.63. The summed E-state index contributed by atoms with van der Waals surface area (Å²) < 4.78 is 0. The Morgan fingerprint density at radius 3 is 3.00 bits per heavy atom. The van der Waals surface area contributed by atoms with Gasteiger partial charge in [-0.2, -0.15) is 23.1 Å². The molecule has 0 unspecified atom stereocenters. The van der Waals surface area contributed by atoms with Crippen LogP contribution in [0.4, 0.5) is 0 Å². The average molecular weight is 326 g/mol. The monoisotopic (exact) mass is 326 g/mol. The Bertz CT molecular complexity index is 474. The van der Waals surface area contributed by atoms with Gasteiger partial charge in [0.05, 0.1) is 5.92 Å². The van der Waals surface area contributed by atoms with Crippen LogP contribution in [-0.4, -0.2) is 41.6 Å². The van der Waals surface area contributed by atoms with Gasteiger partial charge in [-0.05, 0) is 36.2 Å². The first kappa shape index (κ1) is 16.4. The lowest BCUT2D eigenvalue weighted by molar-refractivity contribution is -0.129. The third-order valence-electron chi connectivity index (χ3n) is 3.55. The number of thiophene rings is 1. The van der Waals surface area contributed by atoms with Crippen LogP contribution in [-0.2, 0) is 15.3 Å². The van der Waals surface area contributed by atoms with E-state index < -0.39 is 0 Å². The molecule has 0 radical (unpaired) electrons. The van der Waals surface area contributed by atoms with E-state index >= 15 is 0 Å². The van der Waals surface area contributed by atoms with Crippen LogP contribution >= 0.6 is 23.1 Å². The van der Waals surface area contributed by atoms with E-state index in [2.05, 4.69) is 22.1 Å². The van der Waals surface area contributed by atoms with E-state index in [0.717, 1.165) is 11.5 Å². The second-order valence-electron chi connectivity index (χ2n) is 5.52. The highest BCUT2D eigenvalue weighted by Crippen LogP contribution is 2.20. The summed E-state index contributed by atoms with van der Waals surface area (Å²) in [4.78, 5) is 25.6. The number of carbonyl (C=O) groups is 2. The number of rotatable bonds is 7. The van der Waals surface area contributed by atoms with Gasteiger partial charge < -0.3 is 10.2 Å². The molecule has 1 aromatic rings. The van der Waals surface area contributed by atoms with Gasteiger partial charge in [-0.15, -0.1) is 0 Å². The smallest absolute Gasteiger partial charge is 0.225 e. The molecular formula is C15H22N2O2S2. The molecule has 0 bridgehead atoms. The molecule has 1 atom stereocenters. The Hall–Kier alpha value is -1.01. The molecule has 6 heteroatoms. The number of hydrogen-bond acceptors (Lipinski definition) is 4. The second kappa shape index (κ2) is 7.84. The van der Waals surface area contributed by atoms with Gasteiger partial charge in [-0.1, -0.05) is 0 Å². The van der Waals surface area contributed by atoms with E-state index in [0.29, 0.717) is 19.5 Å². The van der Waals surface area contributed by atoms with Crippen molar-refractivity contribution in [3.05, 3.63) is 22.4 Å². The molecule has 1 aliphatic heterocycles. The second-order valence-corrected chi connectivity index (χ2v) is 7.40. The number of nitrogens with one attached hydrogen (secondary N) is 1. The molecular weight excluding hydrogens is 304 g/mol. The van der Waals surface area contributed by atoms with Crippen molar-refractivity contribution >= 4 is 34.9 Å². The minimum Gasteiger partial charge on any atom is -0.355 e. The van der Waals surface area contributed by atoms with E-state index in [1.807, 2.05) is 25.6 Å². The molecule has 1 N–H and O–H groups in total. The van der Waals surface area contributed by atoms with Gasteiger partial charge >= 0.3 is 0 Å². The topological polar surface area (TPSA) is 49.4 Å². The molecule has 21 heavy (non-hydrogen) atoms. The summed E-state index contributed by atoms with van der Waals surface area (Å²) in [5.41, 5.74) is 1.34. The molecule has 1 aromatic heterocycles. The van der Waals surface area contributed by atoms with Gasteiger partial charge in [0, 0.05) is 37.1 Å². The molecule has 1 fully saturated rings. The van der Waals surface area contributed by atoms with Crippen LogP contribution in [0.25, 0.3) is 0 Å². The standard InChI is InChI=1S/C15H22N2O2S2/c1-11(2)17-8-13(7-14(17)18)15(19)16-4-6-21-10-12-3-5-20-9-12/h3,5,9,11,13H,4,6-8,10H2,1-2H3,(H,16,19)/t13-/m1/s1. The summed E-state index contributed by atoms with van der Waals surface area (Å²) in [7, 11) is 0. The van der Waals surface area contributed by atoms with E-state index in [9.17, 15) is 9.59 Å². The molecule has 0 aromatic carbocycles. The Kier molecular flexibility index (Phi) is 6.11. The lowest BCUT2D eigenvalue weighted by atomic mass is 10.1. The lowest BCUT2D eigenvalue weighted by Gasteiger charge is -2.20. The van der Waals surface area contributed by atoms with Crippen LogP contribution in [0, 0.1) is 5.92 Å². The Morgan fingerprint density at radius 1 is 1.57 bits per heavy atom. The van der Waals surface area contributed by atoms with Gasteiger partial charge in [0.1, 0.15) is 0 Å². The number of amides is 2. The van der Waals surface area contributed by atoms with Crippen molar-refractivity contribution < 1.29 is 9.59 Å². The van der Waals surface area contributed by atoms with Gasteiger partial charge in [0.15, 0.2) is 0 Å². The van der Waals surface area contributed by atoms with Crippen LogP contribution in [0.2, 0.25) is 0 Å². The van der Waals surface area contributed by atoms with Crippen LogP contribution in [0.5, 0.6) is 0 Å². The number of carbonyl (C=O) groups excluding carboxylic acids is 2. The first-order valence-corrected chi connectivity index (χ1v) is 9.33. The molecule has 1 saturated heterocycles. The maximum atomic E-state index is 12.1.